The average Bonchev–Trinajstić information content (AvgIpc) is 3.08. The lowest BCUT2D eigenvalue weighted by Crippen LogP contribution is -2.45. The predicted molar refractivity (Wildman–Crippen MR) is 78.3 cm³/mol. The summed E-state index contributed by atoms with van der Waals surface area (Å²) in [6.45, 7) is 5.33. The molecule has 1 unspecified atom stereocenters. The van der Waals surface area contributed by atoms with Crippen molar-refractivity contribution in [3.63, 3.8) is 0 Å². The molecule has 0 saturated carbocycles. The van der Waals surface area contributed by atoms with Crippen LogP contribution in [0.1, 0.15) is 16.1 Å². The van der Waals surface area contributed by atoms with Gasteiger partial charge in [0.2, 0.25) is 0 Å². The average molecular weight is 298 g/mol. The van der Waals surface area contributed by atoms with E-state index in [9.17, 15) is 4.79 Å². The number of hydrogen-bond acceptors (Lipinski definition) is 5. The van der Waals surface area contributed by atoms with E-state index in [4.69, 9.17) is 4.74 Å². The Labute approximate surface area is 122 Å². The van der Waals surface area contributed by atoms with Crippen LogP contribution in [0.2, 0.25) is 0 Å². The smallest absolute Gasteiger partial charge is 0.264 e. The standard InChI is InChI=1S/C13H18N2O2S2/c16-13(12-7-11(18)9-19-12)15-2-1-10(8-15)14-3-5-17-6-4-14/h7,9-10,18H,1-6,8H2. The topological polar surface area (TPSA) is 32.8 Å². The fourth-order valence-electron chi connectivity index (χ4n) is 2.76. The molecule has 2 aliphatic rings. The lowest BCUT2D eigenvalue weighted by molar-refractivity contribution is 0.0185. The van der Waals surface area contributed by atoms with Gasteiger partial charge in [-0.15, -0.1) is 24.0 Å². The number of carbonyl (C=O) groups is 1. The maximum absolute atomic E-state index is 12.3. The van der Waals surface area contributed by atoms with Gasteiger partial charge in [-0.3, -0.25) is 9.69 Å². The van der Waals surface area contributed by atoms with Crippen molar-refractivity contribution < 1.29 is 9.53 Å². The Morgan fingerprint density at radius 1 is 1.37 bits per heavy atom. The van der Waals surface area contributed by atoms with Crippen molar-refractivity contribution in [3.8, 4) is 0 Å². The highest BCUT2D eigenvalue weighted by Crippen LogP contribution is 2.23. The number of nitrogens with zero attached hydrogens (tertiary/aromatic N) is 2. The first-order chi connectivity index (χ1) is 9.24. The lowest BCUT2D eigenvalue weighted by atomic mass is 10.2. The normalized spacial score (nSPS) is 24.9. The van der Waals surface area contributed by atoms with E-state index < -0.39 is 0 Å². The first-order valence-corrected chi connectivity index (χ1v) is 7.95. The second kappa shape index (κ2) is 5.83. The van der Waals surface area contributed by atoms with Crippen molar-refractivity contribution in [2.24, 2.45) is 0 Å². The third-order valence-corrected chi connectivity index (χ3v) is 5.16. The van der Waals surface area contributed by atoms with Crippen LogP contribution in [0.3, 0.4) is 0 Å². The number of amides is 1. The summed E-state index contributed by atoms with van der Waals surface area (Å²) in [5, 5.41) is 1.91. The Bertz CT molecular complexity index is 457. The second-order valence-electron chi connectivity index (χ2n) is 5.01. The molecule has 2 aliphatic heterocycles. The molecule has 1 aromatic rings. The maximum Gasteiger partial charge on any atom is 0.264 e. The molecule has 0 aromatic carbocycles. The summed E-state index contributed by atoms with van der Waals surface area (Å²) in [7, 11) is 0. The van der Waals surface area contributed by atoms with E-state index in [0.717, 1.165) is 55.6 Å². The first kappa shape index (κ1) is 13.4. The van der Waals surface area contributed by atoms with Gasteiger partial charge in [-0.1, -0.05) is 0 Å². The van der Waals surface area contributed by atoms with Crippen molar-refractivity contribution in [2.45, 2.75) is 17.4 Å². The van der Waals surface area contributed by atoms with Crippen molar-refractivity contribution in [1.82, 2.24) is 9.80 Å². The molecule has 2 fully saturated rings. The minimum atomic E-state index is 0.154. The van der Waals surface area contributed by atoms with Crippen LogP contribution in [0, 0.1) is 0 Å². The molecule has 104 valence electrons. The second-order valence-corrected chi connectivity index (χ2v) is 6.44. The molecule has 3 rings (SSSR count). The van der Waals surface area contributed by atoms with Gasteiger partial charge in [0.25, 0.3) is 5.91 Å². The van der Waals surface area contributed by atoms with E-state index in [0.29, 0.717) is 6.04 Å². The molecule has 1 aromatic heterocycles. The van der Waals surface area contributed by atoms with Crippen molar-refractivity contribution in [2.75, 3.05) is 39.4 Å². The first-order valence-electron chi connectivity index (χ1n) is 6.62. The fourth-order valence-corrected chi connectivity index (χ4v) is 3.88. The van der Waals surface area contributed by atoms with Gasteiger partial charge in [-0.25, -0.2) is 0 Å². The number of rotatable bonds is 2. The summed E-state index contributed by atoms with van der Waals surface area (Å²) in [6.07, 6.45) is 1.07. The molecule has 19 heavy (non-hydrogen) atoms. The summed E-state index contributed by atoms with van der Waals surface area (Å²) < 4.78 is 5.38. The Morgan fingerprint density at radius 3 is 2.84 bits per heavy atom. The van der Waals surface area contributed by atoms with Crippen molar-refractivity contribution >= 4 is 29.9 Å². The summed E-state index contributed by atoms with van der Waals surface area (Å²) in [5.41, 5.74) is 0. The molecule has 0 spiro atoms. The van der Waals surface area contributed by atoms with Crippen LogP contribution < -0.4 is 0 Å². The van der Waals surface area contributed by atoms with Gasteiger partial charge >= 0.3 is 0 Å². The minimum Gasteiger partial charge on any atom is -0.379 e. The Morgan fingerprint density at radius 2 is 2.16 bits per heavy atom. The van der Waals surface area contributed by atoms with Crippen LogP contribution in [-0.4, -0.2) is 61.1 Å². The van der Waals surface area contributed by atoms with E-state index >= 15 is 0 Å². The van der Waals surface area contributed by atoms with Gasteiger partial charge in [-0.2, -0.15) is 0 Å². The van der Waals surface area contributed by atoms with Gasteiger partial charge in [0, 0.05) is 42.5 Å². The van der Waals surface area contributed by atoms with Gasteiger partial charge < -0.3 is 9.64 Å². The maximum atomic E-state index is 12.3. The SMILES string of the molecule is O=C(c1cc(S)cs1)N1CCC(N2CCOCC2)C1. The van der Waals surface area contributed by atoms with Crippen molar-refractivity contribution in [3.05, 3.63) is 16.3 Å². The number of thiophene rings is 1. The summed E-state index contributed by atoms with van der Waals surface area (Å²) in [6, 6.07) is 2.36. The van der Waals surface area contributed by atoms with Gasteiger partial charge in [-0.05, 0) is 12.5 Å². The minimum absolute atomic E-state index is 0.154. The van der Waals surface area contributed by atoms with Crippen LogP contribution in [0.15, 0.2) is 16.3 Å². The molecular weight excluding hydrogens is 280 g/mol. The van der Waals surface area contributed by atoms with Crippen LogP contribution >= 0.6 is 24.0 Å². The predicted octanol–water partition coefficient (Wildman–Crippen LogP) is 1.58. The Balaban J connectivity index is 1.60. The molecule has 6 heteroatoms. The van der Waals surface area contributed by atoms with E-state index in [2.05, 4.69) is 17.5 Å². The molecule has 1 atom stereocenters. The van der Waals surface area contributed by atoms with Crippen LogP contribution in [0.25, 0.3) is 0 Å². The summed E-state index contributed by atoms with van der Waals surface area (Å²) in [4.78, 5) is 18.4. The number of morpholine rings is 1. The number of thiol groups is 1. The third kappa shape index (κ3) is 2.97. The van der Waals surface area contributed by atoms with E-state index in [-0.39, 0.29) is 5.91 Å². The number of hydrogen-bond donors (Lipinski definition) is 1. The molecule has 0 radical (unpaired) electrons. The lowest BCUT2D eigenvalue weighted by Gasteiger charge is -2.32. The molecule has 0 bridgehead atoms. The molecule has 2 saturated heterocycles. The number of likely N-dealkylation sites (tertiary alicyclic amines) is 1. The zero-order valence-corrected chi connectivity index (χ0v) is 12.5. The van der Waals surface area contributed by atoms with Crippen LogP contribution in [0.4, 0.5) is 0 Å². The van der Waals surface area contributed by atoms with Gasteiger partial charge in [0.15, 0.2) is 0 Å². The Hall–Kier alpha value is -0.560. The van der Waals surface area contributed by atoms with E-state index in [1.807, 2.05) is 16.3 Å². The zero-order chi connectivity index (χ0) is 13.2. The molecule has 0 aliphatic carbocycles. The number of carbonyl (C=O) groups excluding carboxylic acids is 1. The highest BCUT2D eigenvalue weighted by Gasteiger charge is 2.31. The van der Waals surface area contributed by atoms with Crippen LogP contribution in [0.5, 0.6) is 0 Å². The largest absolute Gasteiger partial charge is 0.379 e. The summed E-state index contributed by atoms with van der Waals surface area (Å²) >= 11 is 5.74. The van der Waals surface area contributed by atoms with Gasteiger partial charge in [0.05, 0.1) is 18.1 Å². The Kier molecular flexibility index (Phi) is 4.12. The summed E-state index contributed by atoms with van der Waals surface area (Å²) in [5.74, 6) is 0.154. The molecule has 1 amide bonds. The highest BCUT2D eigenvalue weighted by molar-refractivity contribution is 7.80. The van der Waals surface area contributed by atoms with Crippen LogP contribution in [-0.2, 0) is 4.74 Å². The number of ether oxygens (including phenoxy) is 1. The molecular formula is C13H18N2O2S2. The monoisotopic (exact) mass is 298 g/mol. The van der Waals surface area contributed by atoms with E-state index in [1.165, 1.54) is 11.3 Å². The highest BCUT2D eigenvalue weighted by atomic mass is 32.1. The third-order valence-electron chi connectivity index (χ3n) is 3.81. The molecule has 3 heterocycles. The van der Waals surface area contributed by atoms with Crippen molar-refractivity contribution in [1.29, 1.82) is 0 Å². The van der Waals surface area contributed by atoms with E-state index in [1.54, 1.807) is 0 Å². The molecule has 4 nitrogen and oxygen atoms in total. The quantitative estimate of drug-likeness (QED) is 0.842. The molecule has 0 N–H and O–H groups in total. The van der Waals surface area contributed by atoms with Gasteiger partial charge in [0.1, 0.15) is 0 Å². The fraction of sp³-hybridized carbons (Fsp3) is 0.615. The zero-order valence-electron chi connectivity index (χ0n) is 10.7.